The molecule has 0 aromatic carbocycles. The van der Waals surface area contributed by atoms with Gasteiger partial charge in [0.25, 0.3) is 0 Å². The first kappa shape index (κ1) is 12.0. The van der Waals surface area contributed by atoms with Gasteiger partial charge in [-0.05, 0) is 34.6 Å². The highest BCUT2D eigenvalue weighted by Gasteiger charge is 2.16. The molecule has 0 aromatic rings. The molecule has 0 radical (unpaired) electrons. The largest absolute Gasteiger partial charge is 0.444 e. The first-order chi connectivity index (χ1) is 5.85. The predicted octanol–water partition coefficient (Wildman–Crippen LogP) is 2.48. The van der Waals surface area contributed by atoms with E-state index in [1.807, 2.05) is 46.8 Å². The van der Waals surface area contributed by atoms with Gasteiger partial charge in [0.1, 0.15) is 5.60 Å². The van der Waals surface area contributed by atoms with Crippen molar-refractivity contribution in [3.05, 3.63) is 12.2 Å². The molecule has 0 unspecified atom stereocenters. The molecule has 0 aliphatic rings. The molecule has 0 spiro atoms. The number of carbonyl (C=O) groups excluding carboxylic acids is 1. The zero-order valence-corrected chi connectivity index (χ0v) is 9.05. The van der Waals surface area contributed by atoms with E-state index >= 15 is 0 Å². The zero-order chi connectivity index (χ0) is 10.5. The van der Waals surface area contributed by atoms with Gasteiger partial charge in [-0.1, -0.05) is 12.2 Å². The van der Waals surface area contributed by atoms with Gasteiger partial charge in [-0.3, -0.25) is 0 Å². The number of ether oxygens (including phenoxy) is 1. The van der Waals surface area contributed by atoms with Crippen LogP contribution in [0, 0.1) is 0 Å². The van der Waals surface area contributed by atoms with Gasteiger partial charge >= 0.3 is 6.09 Å². The minimum atomic E-state index is -0.431. The second-order valence-corrected chi connectivity index (χ2v) is 3.96. The Labute approximate surface area is 80.2 Å². The third-order valence-electron chi connectivity index (χ3n) is 1.23. The van der Waals surface area contributed by atoms with Crippen molar-refractivity contribution in [1.29, 1.82) is 0 Å². The second kappa shape index (κ2) is 4.90. The quantitative estimate of drug-likeness (QED) is 0.671. The van der Waals surface area contributed by atoms with Gasteiger partial charge in [-0.25, -0.2) is 4.79 Å². The van der Waals surface area contributed by atoms with Gasteiger partial charge < -0.3 is 10.1 Å². The molecule has 0 aliphatic heterocycles. The molecule has 1 N–H and O–H groups in total. The number of allylic oxidation sites excluding steroid dienone is 1. The SMILES string of the molecule is C/C=C/[C@H](C)NC(=O)OC(C)(C)C. The fourth-order valence-electron chi connectivity index (χ4n) is 0.830. The van der Waals surface area contributed by atoms with Crippen molar-refractivity contribution in [2.75, 3.05) is 0 Å². The van der Waals surface area contributed by atoms with Crippen molar-refractivity contribution in [2.24, 2.45) is 0 Å². The lowest BCUT2D eigenvalue weighted by atomic mass is 10.2. The summed E-state index contributed by atoms with van der Waals surface area (Å²) in [7, 11) is 0. The molecule has 0 saturated carbocycles. The summed E-state index contributed by atoms with van der Waals surface area (Å²) in [5.41, 5.74) is -0.431. The maximum Gasteiger partial charge on any atom is 0.408 e. The van der Waals surface area contributed by atoms with E-state index < -0.39 is 5.60 Å². The fraction of sp³-hybridized carbons (Fsp3) is 0.700. The molecule has 1 atom stereocenters. The van der Waals surface area contributed by atoms with E-state index in [4.69, 9.17) is 4.74 Å². The first-order valence-corrected chi connectivity index (χ1v) is 4.47. The van der Waals surface area contributed by atoms with Crippen molar-refractivity contribution >= 4 is 6.09 Å². The van der Waals surface area contributed by atoms with E-state index in [1.54, 1.807) is 0 Å². The van der Waals surface area contributed by atoms with Crippen LogP contribution in [0.5, 0.6) is 0 Å². The molecule has 0 fully saturated rings. The number of carbonyl (C=O) groups is 1. The summed E-state index contributed by atoms with van der Waals surface area (Å²) in [4.78, 5) is 11.2. The lowest BCUT2D eigenvalue weighted by Crippen LogP contribution is -2.36. The first-order valence-electron chi connectivity index (χ1n) is 4.47. The minimum absolute atomic E-state index is 0.0137. The van der Waals surface area contributed by atoms with Gasteiger partial charge in [-0.15, -0.1) is 0 Å². The van der Waals surface area contributed by atoms with E-state index in [1.165, 1.54) is 0 Å². The maximum atomic E-state index is 11.2. The Morgan fingerprint density at radius 1 is 1.46 bits per heavy atom. The van der Waals surface area contributed by atoms with E-state index in [9.17, 15) is 4.79 Å². The third-order valence-corrected chi connectivity index (χ3v) is 1.23. The van der Waals surface area contributed by atoms with E-state index in [-0.39, 0.29) is 12.1 Å². The molecule has 0 heterocycles. The lowest BCUT2D eigenvalue weighted by molar-refractivity contribution is 0.0518. The summed E-state index contributed by atoms with van der Waals surface area (Å²) in [6.07, 6.45) is 3.41. The van der Waals surface area contributed by atoms with Crippen LogP contribution in [0.15, 0.2) is 12.2 Å². The van der Waals surface area contributed by atoms with Gasteiger partial charge in [-0.2, -0.15) is 0 Å². The normalized spacial score (nSPS) is 14.2. The number of nitrogens with one attached hydrogen (secondary N) is 1. The van der Waals surface area contributed by atoms with Crippen LogP contribution in [-0.2, 0) is 4.74 Å². The van der Waals surface area contributed by atoms with Crippen LogP contribution in [-0.4, -0.2) is 17.7 Å². The molecule has 0 aliphatic carbocycles. The number of hydrogen-bond acceptors (Lipinski definition) is 2. The maximum absolute atomic E-state index is 11.2. The van der Waals surface area contributed by atoms with Crippen LogP contribution < -0.4 is 5.32 Å². The summed E-state index contributed by atoms with van der Waals surface area (Å²) >= 11 is 0. The smallest absolute Gasteiger partial charge is 0.408 e. The number of hydrogen-bond donors (Lipinski definition) is 1. The van der Waals surface area contributed by atoms with E-state index in [0.29, 0.717) is 0 Å². The molecular weight excluding hydrogens is 166 g/mol. The van der Waals surface area contributed by atoms with Crippen LogP contribution in [0.25, 0.3) is 0 Å². The standard InChI is InChI=1S/C10H19NO2/c1-6-7-8(2)11-9(12)13-10(3,4)5/h6-8H,1-5H3,(H,11,12)/b7-6+/t8-/m0/s1. The topological polar surface area (TPSA) is 38.3 Å². The van der Waals surface area contributed by atoms with Gasteiger partial charge in [0, 0.05) is 6.04 Å². The predicted molar refractivity (Wildman–Crippen MR) is 53.6 cm³/mol. The Kier molecular flexibility index (Phi) is 4.52. The van der Waals surface area contributed by atoms with Gasteiger partial charge in [0.05, 0.1) is 0 Å². The molecule has 0 saturated heterocycles. The highest BCUT2D eigenvalue weighted by atomic mass is 16.6. The molecule has 76 valence electrons. The average Bonchev–Trinajstić information content (AvgIpc) is 1.81. The highest BCUT2D eigenvalue weighted by molar-refractivity contribution is 5.68. The van der Waals surface area contributed by atoms with Gasteiger partial charge in [0.15, 0.2) is 0 Å². The average molecular weight is 185 g/mol. The molecule has 3 heteroatoms. The number of amides is 1. The molecular formula is C10H19NO2. The Balaban J connectivity index is 3.88. The fourth-order valence-corrected chi connectivity index (χ4v) is 0.830. The van der Waals surface area contributed by atoms with Crippen molar-refractivity contribution < 1.29 is 9.53 Å². The van der Waals surface area contributed by atoms with Crippen LogP contribution in [0.4, 0.5) is 4.79 Å². The highest BCUT2D eigenvalue weighted by Crippen LogP contribution is 2.06. The Bertz CT molecular complexity index is 192. The third kappa shape index (κ3) is 7.37. The van der Waals surface area contributed by atoms with Crippen molar-refractivity contribution in [3.8, 4) is 0 Å². The summed E-state index contributed by atoms with van der Waals surface area (Å²) < 4.78 is 5.07. The minimum Gasteiger partial charge on any atom is -0.444 e. The Morgan fingerprint density at radius 2 is 2.00 bits per heavy atom. The van der Waals surface area contributed by atoms with E-state index in [2.05, 4.69) is 5.32 Å². The molecule has 0 rings (SSSR count). The second-order valence-electron chi connectivity index (χ2n) is 3.96. The summed E-state index contributed by atoms with van der Waals surface area (Å²) in [5, 5.41) is 2.69. The van der Waals surface area contributed by atoms with Gasteiger partial charge in [0.2, 0.25) is 0 Å². The van der Waals surface area contributed by atoms with Crippen molar-refractivity contribution in [3.63, 3.8) is 0 Å². The van der Waals surface area contributed by atoms with Crippen molar-refractivity contribution in [2.45, 2.75) is 46.3 Å². The molecule has 1 amide bonds. The van der Waals surface area contributed by atoms with Crippen LogP contribution in [0.1, 0.15) is 34.6 Å². The lowest BCUT2D eigenvalue weighted by Gasteiger charge is -2.20. The number of rotatable bonds is 2. The van der Waals surface area contributed by atoms with Crippen LogP contribution >= 0.6 is 0 Å². The summed E-state index contributed by atoms with van der Waals surface area (Å²) in [5.74, 6) is 0. The number of alkyl carbamates (subject to hydrolysis) is 1. The monoisotopic (exact) mass is 185 g/mol. The molecule has 0 bridgehead atoms. The molecule has 0 aromatic heterocycles. The van der Waals surface area contributed by atoms with Crippen molar-refractivity contribution in [1.82, 2.24) is 5.32 Å². The molecule has 3 nitrogen and oxygen atoms in total. The Morgan fingerprint density at radius 3 is 2.38 bits per heavy atom. The Hall–Kier alpha value is -0.990. The zero-order valence-electron chi connectivity index (χ0n) is 9.05. The molecule has 13 heavy (non-hydrogen) atoms. The summed E-state index contributed by atoms with van der Waals surface area (Å²) in [6, 6.07) is 0.0137. The van der Waals surface area contributed by atoms with Crippen LogP contribution in [0.3, 0.4) is 0 Å². The summed E-state index contributed by atoms with van der Waals surface area (Å²) in [6.45, 7) is 9.32. The van der Waals surface area contributed by atoms with E-state index in [0.717, 1.165) is 0 Å². The van der Waals surface area contributed by atoms with Crippen LogP contribution in [0.2, 0.25) is 0 Å².